The van der Waals surface area contributed by atoms with Gasteiger partial charge >= 0.3 is 0 Å². The molecule has 1 heterocycles. The number of hydrogen-bond donors (Lipinski definition) is 1. The molecule has 1 aliphatic rings. The van der Waals surface area contributed by atoms with E-state index in [9.17, 15) is 0 Å². The van der Waals surface area contributed by atoms with Gasteiger partial charge in [0.2, 0.25) is 0 Å². The van der Waals surface area contributed by atoms with E-state index < -0.39 is 0 Å². The number of likely N-dealkylation sites (N-methyl/N-ethyl adjacent to an activating group) is 1. The van der Waals surface area contributed by atoms with E-state index in [4.69, 9.17) is 11.6 Å². The molecule has 0 bridgehead atoms. The van der Waals surface area contributed by atoms with Crippen molar-refractivity contribution in [1.29, 1.82) is 0 Å². The van der Waals surface area contributed by atoms with Crippen LogP contribution in [0, 0.1) is 18.3 Å². The second kappa shape index (κ2) is 6.70. The monoisotopic (exact) mass is 311 g/mol. The summed E-state index contributed by atoms with van der Waals surface area (Å²) in [6.45, 7) is 9.80. The molecule has 0 aromatic carbocycles. The Hall–Kier alpha value is -0.540. The Bertz CT molecular complexity index is 469. The topological polar surface area (TPSA) is 29.9 Å². The molecular weight excluding hydrogens is 282 g/mol. The molecule has 1 saturated carbocycles. The number of nitrogens with zero attached hydrogens (tertiary/aromatic N) is 2. The molecule has 2 rings (SSSR count). The minimum Gasteiger partial charge on any atom is -0.316 e. The van der Waals surface area contributed by atoms with E-state index in [1.807, 2.05) is 6.92 Å². The molecule has 0 saturated heterocycles. The molecule has 0 amide bonds. The van der Waals surface area contributed by atoms with Crippen LogP contribution < -0.4 is 5.32 Å². The molecule has 120 valence electrons. The van der Waals surface area contributed by atoms with Gasteiger partial charge in [0.25, 0.3) is 0 Å². The molecule has 1 fully saturated rings. The lowest BCUT2D eigenvalue weighted by atomic mass is 9.70. The van der Waals surface area contributed by atoms with Crippen LogP contribution in [0.1, 0.15) is 57.8 Å². The fourth-order valence-electron chi connectivity index (χ4n) is 3.60. The number of aryl methyl sites for hydroxylation is 2. The standard InChI is InChI=1S/C17H30ClN3/c1-6-21-15(16(18)12(2)20-21)11-14(19-5)13-7-9-17(3,4)10-8-13/h13-14,19H,6-11H2,1-5H3. The van der Waals surface area contributed by atoms with Crippen LogP contribution in [-0.4, -0.2) is 22.9 Å². The van der Waals surface area contributed by atoms with E-state index in [1.54, 1.807) is 0 Å². The van der Waals surface area contributed by atoms with Crippen LogP contribution in [0.4, 0.5) is 0 Å². The Balaban J connectivity index is 2.10. The van der Waals surface area contributed by atoms with Crippen LogP contribution in [-0.2, 0) is 13.0 Å². The first-order chi connectivity index (χ1) is 9.88. The van der Waals surface area contributed by atoms with Crippen LogP contribution in [0.3, 0.4) is 0 Å². The summed E-state index contributed by atoms with van der Waals surface area (Å²) >= 11 is 6.47. The number of rotatable bonds is 5. The number of halogens is 1. The maximum Gasteiger partial charge on any atom is 0.0847 e. The van der Waals surface area contributed by atoms with Crippen LogP contribution in [0.5, 0.6) is 0 Å². The summed E-state index contributed by atoms with van der Waals surface area (Å²) < 4.78 is 2.06. The fraction of sp³-hybridized carbons (Fsp3) is 0.824. The maximum absolute atomic E-state index is 6.47. The van der Waals surface area contributed by atoms with Gasteiger partial charge in [-0.25, -0.2) is 0 Å². The minimum atomic E-state index is 0.500. The van der Waals surface area contributed by atoms with Gasteiger partial charge in [-0.1, -0.05) is 25.4 Å². The van der Waals surface area contributed by atoms with Gasteiger partial charge in [0.05, 0.1) is 16.4 Å². The second-order valence-corrected chi connectivity index (χ2v) is 7.64. The van der Waals surface area contributed by atoms with Crippen molar-refractivity contribution in [3.05, 3.63) is 16.4 Å². The maximum atomic E-state index is 6.47. The number of hydrogen-bond acceptors (Lipinski definition) is 2. The third kappa shape index (κ3) is 3.81. The molecule has 1 aromatic rings. The zero-order valence-corrected chi connectivity index (χ0v) is 14.9. The summed E-state index contributed by atoms with van der Waals surface area (Å²) in [5, 5.41) is 8.93. The van der Waals surface area contributed by atoms with Crippen molar-refractivity contribution in [2.45, 2.75) is 72.4 Å². The van der Waals surface area contributed by atoms with Crippen LogP contribution in [0.2, 0.25) is 5.02 Å². The normalized spacial score (nSPS) is 20.7. The zero-order chi connectivity index (χ0) is 15.6. The Labute approximate surface area is 134 Å². The van der Waals surface area contributed by atoms with Gasteiger partial charge in [-0.15, -0.1) is 0 Å². The molecule has 0 aliphatic heterocycles. The summed E-state index contributed by atoms with van der Waals surface area (Å²) in [5.41, 5.74) is 2.67. The molecular formula is C17H30ClN3. The third-order valence-corrected chi connectivity index (χ3v) is 5.68. The van der Waals surface area contributed by atoms with E-state index in [0.717, 1.165) is 29.6 Å². The zero-order valence-electron chi connectivity index (χ0n) is 14.2. The highest BCUT2D eigenvalue weighted by atomic mass is 35.5. The fourth-order valence-corrected chi connectivity index (χ4v) is 3.81. The minimum absolute atomic E-state index is 0.500. The van der Waals surface area contributed by atoms with Gasteiger partial charge in [-0.05, 0) is 57.9 Å². The molecule has 1 unspecified atom stereocenters. The Morgan fingerprint density at radius 2 is 2.00 bits per heavy atom. The Kier molecular flexibility index (Phi) is 5.37. The molecule has 1 N–H and O–H groups in total. The van der Waals surface area contributed by atoms with Crippen molar-refractivity contribution >= 4 is 11.6 Å². The molecule has 3 nitrogen and oxygen atoms in total. The van der Waals surface area contributed by atoms with Crippen molar-refractivity contribution in [2.24, 2.45) is 11.3 Å². The lowest BCUT2D eigenvalue weighted by Crippen LogP contribution is -2.39. The lowest BCUT2D eigenvalue weighted by molar-refractivity contribution is 0.163. The number of aromatic nitrogens is 2. The molecule has 1 aromatic heterocycles. The predicted molar refractivity (Wildman–Crippen MR) is 89.9 cm³/mol. The SMILES string of the molecule is CCn1nc(C)c(Cl)c1CC(NC)C1CCC(C)(C)CC1. The highest BCUT2D eigenvalue weighted by Crippen LogP contribution is 2.40. The van der Waals surface area contributed by atoms with E-state index in [-0.39, 0.29) is 0 Å². The average Bonchev–Trinajstić information content (AvgIpc) is 2.72. The van der Waals surface area contributed by atoms with Gasteiger partial charge in [-0.2, -0.15) is 5.10 Å². The van der Waals surface area contributed by atoms with E-state index in [2.05, 4.69) is 42.9 Å². The van der Waals surface area contributed by atoms with Gasteiger partial charge < -0.3 is 5.32 Å². The molecule has 1 atom stereocenters. The summed E-state index contributed by atoms with van der Waals surface area (Å²) in [5.74, 6) is 0.750. The van der Waals surface area contributed by atoms with Crippen LogP contribution in [0.15, 0.2) is 0 Å². The summed E-state index contributed by atoms with van der Waals surface area (Å²) in [7, 11) is 2.08. The first kappa shape index (κ1) is 16.8. The third-order valence-electron chi connectivity index (χ3n) is 5.19. The van der Waals surface area contributed by atoms with E-state index in [1.165, 1.54) is 31.4 Å². The Morgan fingerprint density at radius 3 is 2.52 bits per heavy atom. The molecule has 0 radical (unpaired) electrons. The van der Waals surface area contributed by atoms with E-state index in [0.29, 0.717) is 11.5 Å². The average molecular weight is 312 g/mol. The first-order valence-electron chi connectivity index (χ1n) is 8.27. The molecule has 21 heavy (non-hydrogen) atoms. The van der Waals surface area contributed by atoms with Gasteiger partial charge in [0.15, 0.2) is 0 Å². The first-order valence-corrected chi connectivity index (χ1v) is 8.64. The van der Waals surface area contributed by atoms with Crippen molar-refractivity contribution in [3.63, 3.8) is 0 Å². The highest BCUT2D eigenvalue weighted by Gasteiger charge is 2.31. The summed E-state index contributed by atoms with van der Waals surface area (Å²) in [6, 6.07) is 0.500. The molecule has 1 aliphatic carbocycles. The number of nitrogens with one attached hydrogen (secondary N) is 1. The molecule has 0 spiro atoms. The smallest absolute Gasteiger partial charge is 0.0847 e. The van der Waals surface area contributed by atoms with Crippen molar-refractivity contribution in [3.8, 4) is 0 Å². The van der Waals surface area contributed by atoms with Crippen molar-refractivity contribution < 1.29 is 0 Å². The van der Waals surface area contributed by atoms with Crippen molar-refractivity contribution in [2.75, 3.05) is 7.05 Å². The summed E-state index contributed by atoms with van der Waals surface area (Å²) in [4.78, 5) is 0. The summed E-state index contributed by atoms with van der Waals surface area (Å²) in [6.07, 6.45) is 6.27. The van der Waals surface area contributed by atoms with Crippen LogP contribution >= 0.6 is 11.6 Å². The van der Waals surface area contributed by atoms with Crippen molar-refractivity contribution in [1.82, 2.24) is 15.1 Å². The quantitative estimate of drug-likeness (QED) is 0.882. The predicted octanol–water partition coefficient (Wildman–Crippen LogP) is 4.21. The lowest BCUT2D eigenvalue weighted by Gasteiger charge is -2.38. The van der Waals surface area contributed by atoms with Gasteiger partial charge in [-0.3, -0.25) is 4.68 Å². The van der Waals surface area contributed by atoms with Crippen LogP contribution in [0.25, 0.3) is 0 Å². The highest BCUT2D eigenvalue weighted by molar-refractivity contribution is 6.31. The van der Waals surface area contributed by atoms with E-state index >= 15 is 0 Å². The Morgan fingerprint density at radius 1 is 1.38 bits per heavy atom. The second-order valence-electron chi connectivity index (χ2n) is 7.26. The van der Waals surface area contributed by atoms with Gasteiger partial charge in [0, 0.05) is 19.0 Å². The largest absolute Gasteiger partial charge is 0.316 e. The molecule has 4 heteroatoms. The van der Waals surface area contributed by atoms with Gasteiger partial charge in [0.1, 0.15) is 0 Å².